The molecule has 0 unspecified atom stereocenters. The average molecular weight is 304 g/mol. The molecule has 0 atom stereocenters. The third-order valence-corrected chi connectivity index (χ3v) is 4.72. The summed E-state index contributed by atoms with van der Waals surface area (Å²) in [4.78, 5) is 17.0. The maximum absolute atomic E-state index is 10.8. The second kappa shape index (κ2) is 5.45. The molecule has 1 aliphatic heterocycles. The largest absolute Gasteiger partial charge is 0.475 e. The van der Waals surface area contributed by atoms with Crippen LogP contribution >= 0.6 is 0 Å². The first-order valence-corrected chi connectivity index (χ1v) is 7.98. The Morgan fingerprint density at radius 2 is 2.14 bits per heavy atom. The monoisotopic (exact) mass is 304 g/mol. The van der Waals surface area contributed by atoms with Gasteiger partial charge in [-0.25, -0.2) is 9.78 Å². The fourth-order valence-corrected chi connectivity index (χ4v) is 3.77. The minimum absolute atomic E-state index is 0.130. The van der Waals surface area contributed by atoms with Gasteiger partial charge in [-0.15, -0.1) is 0 Å². The minimum Gasteiger partial charge on any atom is -0.475 e. The van der Waals surface area contributed by atoms with Gasteiger partial charge in [0.05, 0.1) is 6.10 Å². The van der Waals surface area contributed by atoms with Crippen molar-refractivity contribution < 1.29 is 14.6 Å². The fraction of sp³-hybridized carbons (Fsp3) is 0.647. The summed E-state index contributed by atoms with van der Waals surface area (Å²) in [7, 11) is 0. The molecule has 2 fully saturated rings. The molecule has 5 nitrogen and oxygen atoms in total. The molecule has 1 saturated heterocycles. The van der Waals surface area contributed by atoms with Crippen LogP contribution in [0.4, 0.5) is 4.79 Å². The average Bonchev–Trinajstić information content (AvgIpc) is 2.33. The second-order valence-corrected chi connectivity index (χ2v) is 7.21. The smallest absolute Gasteiger partial charge is 0.407 e. The first-order chi connectivity index (χ1) is 10.4. The van der Waals surface area contributed by atoms with Crippen LogP contribution in [0.15, 0.2) is 12.1 Å². The molecular weight excluding hydrogens is 280 g/mol. The lowest BCUT2D eigenvalue weighted by atomic mass is 9.57. The molecule has 0 aromatic carbocycles. The van der Waals surface area contributed by atoms with Crippen LogP contribution in [0.2, 0.25) is 0 Å². The summed E-state index contributed by atoms with van der Waals surface area (Å²) in [6.45, 7) is 7.45. The molecule has 1 saturated carbocycles. The van der Waals surface area contributed by atoms with Crippen molar-refractivity contribution in [3.05, 3.63) is 23.4 Å². The second-order valence-electron chi connectivity index (χ2n) is 7.21. The molecule has 1 spiro atoms. The van der Waals surface area contributed by atoms with Crippen LogP contribution in [0.25, 0.3) is 0 Å². The van der Waals surface area contributed by atoms with Crippen LogP contribution in [0.5, 0.6) is 5.88 Å². The number of likely N-dealkylation sites (tertiary alicyclic amines) is 1. The van der Waals surface area contributed by atoms with Crippen LogP contribution in [-0.4, -0.2) is 40.3 Å². The molecule has 1 aromatic heterocycles. The van der Waals surface area contributed by atoms with Crippen molar-refractivity contribution in [3.63, 3.8) is 0 Å². The normalized spacial score (nSPS) is 19.9. The topological polar surface area (TPSA) is 62.7 Å². The molecular formula is C17H24N2O3. The number of ether oxygens (including phenoxy) is 1. The van der Waals surface area contributed by atoms with Crippen LogP contribution < -0.4 is 4.74 Å². The Labute approximate surface area is 131 Å². The van der Waals surface area contributed by atoms with E-state index in [2.05, 4.69) is 17.1 Å². The molecule has 1 amide bonds. The van der Waals surface area contributed by atoms with Gasteiger partial charge in [0.2, 0.25) is 5.88 Å². The van der Waals surface area contributed by atoms with E-state index in [0.29, 0.717) is 19.0 Å². The van der Waals surface area contributed by atoms with E-state index in [0.717, 1.165) is 36.4 Å². The predicted molar refractivity (Wildman–Crippen MR) is 83.2 cm³/mol. The minimum atomic E-state index is -0.787. The van der Waals surface area contributed by atoms with Gasteiger partial charge in [-0.1, -0.05) is 6.07 Å². The Bertz CT molecular complexity index is 571. The summed E-state index contributed by atoms with van der Waals surface area (Å²) in [5.74, 6) is 1.36. The predicted octanol–water partition coefficient (Wildman–Crippen LogP) is 3.11. The van der Waals surface area contributed by atoms with Gasteiger partial charge in [0.25, 0.3) is 0 Å². The molecule has 120 valence electrons. The molecule has 1 aromatic rings. The van der Waals surface area contributed by atoms with E-state index in [4.69, 9.17) is 9.84 Å². The highest BCUT2D eigenvalue weighted by Gasteiger charge is 2.53. The molecule has 1 N–H and O–H groups in total. The zero-order valence-corrected chi connectivity index (χ0v) is 13.5. The first kappa shape index (κ1) is 15.1. The summed E-state index contributed by atoms with van der Waals surface area (Å²) in [6, 6.07) is 4.15. The van der Waals surface area contributed by atoms with Crippen molar-refractivity contribution in [3.8, 4) is 5.88 Å². The van der Waals surface area contributed by atoms with E-state index < -0.39 is 6.09 Å². The number of hydrogen-bond donors (Lipinski definition) is 1. The van der Waals surface area contributed by atoms with E-state index in [9.17, 15) is 4.79 Å². The number of aromatic nitrogens is 1. The van der Waals surface area contributed by atoms with Gasteiger partial charge in [0.15, 0.2) is 0 Å². The summed E-state index contributed by atoms with van der Waals surface area (Å²) in [6.07, 6.45) is 2.54. The van der Waals surface area contributed by atoms with Gasteiger partial charge < -0.3 is 14.7 Å². The maximum Gasteiger partial charge on any atom is 0.407 e. The van der Waals surface area contributed by atoms with Crippen molar-refractivity contribution in [1.82, 2.24) is 9.88 Å². The number of aryl methyl sites for hydroxylation is 1. The Hall–Kier alpha value is -1.78. The van der Waals surface area contributed by atoms with Gasteiger partial charge in [-0.2, -0.15) is 0 Å². The van der Waals surface area contributed by atoms with Gasteiger partial charge in [0.1, 0.15) is 0 Å². The molecule has 2 heterocycles. The van der Waals surface area contributed by atoms with Crippen LogP contribution in [-0.2, 0) is 6.42 Å². The highest BCUT2D eigenvalue weighted by Crippen LogP contribution is 2.52. The van der Waals surface area contributed by atoms with E-state index in [-0.39, 0.29) is 11.5 Å². The van der Waals surface area contributed by atoms with Gasteiger partial charge in [-0.05, 0) is 52.0 Å². The molecule has 2 aliphatic rings. The van der Waals surface area contributed by atoms with Crippen molar-refractivity contribution in [1.29, 1.82) is 0 Å². The van der Waals surface area contributed by atoms with Crippen LogP contribution in [0.1, 0.15) is 37.9 Å². The van der Waals surface area contributed by atoms with E-state index >= 15 is 0 Å². The summed E-state index contributed by atoms with van der Waals surface area (Å²) in [5, 5.41) is 8.92. The quantitative estimate of drug-likeness (QED) is 0.928. The van der Waals surface area contributed by atoms with E-state index in [1.54, 1.807) is 0 Å². The molecule has 0 bridgehead atoms. The lowest BCUT2D eigenvalue weighted by Gasteiger charge is -2.58. The Morgan fingerprint density at radius 1 is 1.45 bits per heavy atom. The number of hydrogen-bond acceptors (Lipinski definition) is 3. The number of amides is 1. The third-order valence-electron chi connectivity index (χ3n) is 4.72. The Balaban J connectivity index is 1.54. The van der Waals surface area contributed by atoms with E-state index in [1.165, 1.54) is 4.90 Å². The molecule has 22 heavy (non-hydrogen) atoms. The molecule has 3 rings (SSSR count). The van der Waals surface area contributed by atoms with Gasteiger partial charge in [0, 0.05) is 29.8 Å². The summed E-state index contributed by atoms with van der Waals surface area (Å²) < 4.78 is 5.75. The number of carboxylic acid groups (broad SMARTS) is 1. The maximum atomic E-state index is 10.8. The first-order valence-electron chi connectivity index (χ1n) is 7.98. The SMILES string of the molecule is Cc1ccc(CC2CC3(C2)CN(C(=O)O)C3)nc1OC(C)C. The van der Waals surface area contributed by atoms with Crippen LogP contribution in [0.3, 0.4) is 0 Å². The highest BCUT2D eigenvalue weighted by molar-refractivity contribution is 5.66. The fourth-order valence-electron chi connectivity index (χ4n) is 3.77. The lowest BCUT2D eigenvalue weighted by molar-refractivity contribution is -0.0796. The lowest BCUT2D eigenvalue weighted by Crippen LogP contribution is -2.63. The van der Waals surface area contributed by atoms with Crippen molar-refractivity contribution in [2.45, 2.75) is 46.1 Å². The van der Waals surface area contributed by atoms with Crippen molar-refractivity contribution in [2.24, 2.45) is 11.3 Å². The zero-order valence-electron chi connectivity index (χ0n) is 13.5. The Kier molecular flexibility index (Phi) is 3.75. The van der Waals surface area contributed by atoms with Crippen molar-refractivity contribution in [2.75, 3.05) is 13.1 Å². The number of rotatable bonds is 4. The van der Waals surface area contributed by atoms with Gasteiger partial charge in [-0.3, -0.25) is 0 Å². The zero-order chi connectivity index (χ0) is 15.9. The van der Waals surface area contributed by atoms with Crippen LogP contribution in [0, 0.1) is 18.3 Å². The van der Waals surface area contributed by atoms with E-state index in [1.807, 2.05) is 20.8 Å². The number of pyridine rings is 1. The summed E-state index contributed by atoms with van der Waals surface area (Å²) >= 11 is 0. The summed E-state index contributed by atoms with van der Waals surface area (Å²) in [5.41, 5.74) is 2.42. The van der Waals surface area contributed by atoms with Gasteiger partial charge >= 0.3 is 6.09 Å². The molecule has 0 radical (unpaired) electrons. The molecule has 5 heteroatoms. The number of nitrogens with zero attached hydrogens (tertiary/aromatic N) is 2. The highest BCUT2D eigenvalue weighted by atomic mass is 16.5. The van der Waals surface area contributed by atoms with Crippen molar-refractivity contribution >= 4 is 6.09 Å². The Morgan fingerprint density at radius 3 is 2.73 bits per heavy atom. The molecule has 1 aliphatic carbocycles. The standard InChI is InChI=1S/C17H24N2O3/c1-11(2)22-15-12(3)4-5-14(18-15)6-13-7-17(8-13)9-19(10-17)16(20)21/h4-5,11,13H,6-10H2,1-3H3,(H,20,21). The third kappa shape index (κ3) is 2.89. The number of carbonyl (C=O) groups is 1.